The largest absolute Gasteiger partial charge is 0.453 e. The minimum atomic E-state index is -1.56. The molecule has 1 heterocycles. The number of ether oxygens (including phenoxy) is 1. The Morgan fingerprint density at radius 2 is 2.31 bits per heavy atom. The highest BCUT2D eigenvalue weighted by Crippen LogP contribution is 2.35. The maximum atomic E-state index is 11.1. The molecule has 1 aliphatic rings. The number of fused-ring (bicyclic) bond motifs is 1. The van der Waals surface area contributed by atoms with Crippen molar-refractivity contribution >= 4 is 11.6 Å². The highest BCUT2D eigenvalue weighted by molar-refractivity contribution is 5.97. The lowest BCUT2D eigenvalue weighted by Gasteiger charge is -2.25. The van der Waals surface area contributed by atoms with Gasteiger partial charge in [-0.3, -0.25) is 4.79 Å². The number of carbonyl (C=O) groups is 1. The molecule has 86 valence electrons. The Morgan fingerprint density at radius 1 is 1.56 bits per heavy atom. The Balaban J connectivity index is 2.44. The van der Waals surface area contributed by atoms with E-state index in [2.05, 4.69) is 5.32 Å². The van der Waals surface area contributed by atoms with Crippen LogP contribution in [0, 0.1) is 0 Å². The molecule has 2 atom stereocenters. The van der Waals surface area contributed by atoms with Crippen LogP contribution in [-0.2, 0) is 4.79 Å². The van der Waals surface area contributed by atoms with E-state index in [1.807, 2.05) is 0 Å². The minimum absolute atomic E-state index is 0.0316. The summed E-state index contributed by atoms with van der Waals surface area (Å²) < 4.78 is 5.03. The predicted molar refractivity (Wildman–Crippen MR) is 55.7 cm³/mol. The Bertz CT molecular complexity index is 421. The highest BCUT2D eigenvalue weighted by atomic mass is 16.6. The van der Waals surface area contributed by atoms with Gasteiger partial charge in [-0.2, -0.15) is 0 Å². The van der Waals surface area contributed by atoms with Gasteiger partial charge in [0.1, 0.15) is 0 Å². The lowest BCUT2D eigenvalue weighted by molar-refractivity contribution is -0.139. The number of benzene rings is 1. The van der Waals surface area contributed by atoms with Gasteiger partial charge in [-0.05, 0) is 6.07 Å². The first kappa shape index (κ1) is 10.9. The van der Waals surface area contributed by atoms with Crippen LogP contribution in [0.25, 0.3) is 0 Å². The second kappa shape index (κ2) is 4.09. The zero-order chi connectivity index (χ0) is 11.7. The summed E-state index contributed by atoms with van der Waals surface area (Å²) in [5, 5.41) is 21.4. The van der Waals surface area contributed by atoms with Crippen LogP contribution in [0.1, 0.15) is 11.7 Å². The Hall–Kier alpha value is -1.63. The topological polar surface area (TPSA) is 105 Å². The van der Waals surface area contributed by atoms with E-state index >= 15 is 0 Å². The van der Waals surface area contributed by atoms with Gasteiger partial charge in [0, 0.05) is 12.1 Å². The summed E-state index contributed by atoms with van der Waals surface area (Å²) in [6, 6.07) is 4.90. The molecule has 5 N–H and O–H groups in total. The molecule has 0 saturated heterocycles. The Morgan fingerprint density at radius 3 is 3.00 bits per heavy atom. The Kier molecular flexibility index (Phi) is 2.78. The van der Waals surface area contributed by atoms with E-state index in [1.54, 1.807) is 18.2 Å². The van der Waals surface area contributed by atoms with Gasteiger partial charge < -0.3 is 26.0 Å². The number of anilines is 1. The van der Waals surface area contributed by atoms with Crippen LogP contribution in [0.15, 0.2) is 18.2 Å². The number of hydrogen-bond donors (Lipinski definition) is 4. The van der Waals surface area contributed by atoms with Crippen LogP contribution in [-0.4, -0.2) is 29.0 Å². The van der Waals surface area contributed by atoms with Crippen molar-refractivity contribution in [1.29, 1.82) is 0 Å². The maximum absolute atomic E-state index is 11.1. The molecule has 0 aliphatic carbocycles. The normalized spacial score (nSPS) is 20.7. The third-order valence-corrected chi connectivity index (χ3v) is 2.34. The number of carbonyl (C=O) groups excluding carboxylic acids is 1. The van der Waals surface area contributed by atoms with Gasteiger partial charge in [0.15, 0.2) is 5.75 Å². The molecule has 1 amide bonds. The van der Waals surface area contributed by atoms with Crippen molar-refractivity contribution in [1.82, 2.24) is 0 Å². The number of aliphatic hydroxyl groups is 2. The number of hydrogen-bond acceptors (Lipinski definition) is 5. The van der Waals surface area contributed by atoms with Crippen LogP contribution in [0.3, 0.4) is 0 Å². The van der Waals surface area contributed by atoms with Crippen molar-refractivity contribution in [3.8, 4) is 5.75 Å². The van der Waals surface area contributed by atoms with Crippen molar-refractivity contribution < 1.29 is 19.7 Å². The van der Waals surface area contributed by atoms with Crippen LogP contribution in [0.2, 0.25) is 0 Å². The summed E-state index contributed by atoms with van der Waals surface area (Å²) in [6.07, 6.45) is -2.45. The standard InChI is InChI=1S/C10H12N2O4/c11-4-7(13)5-2-1-3-6-8(5)16-10(15)9(14)12-6/h1-3,7,10,13,15H,4,11H2,(H,12,14)/t7?,10-/m0/s1. The van der Waals surface area contributed by atoms with Gasteiger partial charge in [0.25, 0.3) is 12.2 Å². The van der Waals surface area contributed by atoms with Gasteiger partial charge in [-0.25, -0.2) is 0 Å². The minimum Gasteiger partial charge on any atom is -0.453 e. The molecule has 0 aromatic heterocycles. The maximum Gasteiger partial charge on any atom is 0.293 e. The second-order valence-corrected chi connectivity index (χ2v) is 3.43. The van der Waals surface area contributed by atoms with E-state index in [9.17, 15) is 15.0 Å². The molecule has 6 nitrogen and oxygen atoms in total. The number of amides is 1. The SMILES string of the molecule is NCC(O)c1cccc2c1O[C@H](O)C(=O)N2. The van der Waals surface area contributed by atoms with Crippen LogP contribution in [0.5, 0.6) is 5.75 Å². The predicted octanol–water partition coefficient (Wildman–Crippen LogP) is -0.672. The first-order valence-corrected chi connectivity index (χ1v) is 4.80. The first-order chi connectivity index (χ1) is 7.63. The average Bonchev–Trinajstić information content (AvgIpc) is 2.29. The summed E-state index contributed by atoms with van der Waals surface area (Å²) in [6.45, 7) is 0.0316. The van der Waals surface area contributed by atoms with Gasteiger partial charge in [-0.15, -0.1) is 0 Å². The molecule has 0 saturated carbocycles. The van der Waals surface area contributed by atoms with Gasteiger partial charge in [0.2, 0.25) is 0 Å². The molecule has 1 aliphatic heterocycles. The fraction of sp³-hybridized carbons (Fsp3) is 0.300. The number of aliphatic hydroxyl groups excluding tert-OH is 2. The molecule has 0 radical (unpaired) electrons. The fourth-order valence-electron chi connectivity index (χ4n) is 1.53. The molecule has 0 fully saturated rings. The summed E-state index contributed by atoms with van der Waals surface area (Å²) in [5.74, 6) is -0.376. The number of para-hydroxylation sites is 1. The van der Waals surface area contributed by atoms with Crippen molar-refractivity contribution in [3.63, 3.8) is 0 Å². The molecule has 1 aromatic carbocycles. The lowest BCUT2D eigenvalue weighted by atomic mass is 10.1. The van der Waals surface area contributed by atoms with Gasteiger partial charge in [0.05, 0.1) is 11.8 Å². The molecule has 6 heteroatoms. The molecule has 0 bridgehead atoms. The molecule has 0 spiro atoms. The number of rotatable bonds is 2. The smallest absolute Gasteiger partial charge is 0.293 e. The second-order valence-electron chi connectivity index (χ2n) is 3.43. The van der Waals surface area contributed by atoms with E-state index in [4.69, 9.17) is 10.5 Å². The third-order valence-electron chi connectivity index (χ3n) is 2.34. The average molecular weight is 224 g/mol. The van der Waals surface area contributed by atoms with Crippen LogP contribution >= 0.6 is 0 Å². The summed E-state index contributed by atoms with van der Waals surface area (Å²) in [4.78, 5) is 11.1. The summed E-state index contributed by atoms with van der Waals surface area (Å²) in [5.41, 5.74) is 6.20. The molecule has 2 rings (SSSR count). The van der Waals surface area contributed by atoms with Gasteiger partial charge in [-0.1, -0.05) is 12.1 Å². The van der Waals surface area contributed by atoms with E-state index in [0.717, 1.165) is 0 Å². The van der Waals surface area contributed by atoms with E-state index < -0.39 is 18.3 Å². The monoisotopic (exact) mass is 224 g/mol. The van der Waals surface area contributed by atoms with E-state index in [-0.39, 0.29) is 12.3 Å². The molecular formula is C10H12N2O4. The van der Waals surface area contributed by atoms with Crippen LogP contribution < -0.4 is 15.8 Å². The van der Waals surface area contributed by atoms with Crippen molar-refractivity contribution in [2.75, 3.05) is 11.9 Å². The van der Waals surface area contributed by atoms with Crippen molar-refractivity contribution in [2.24, 2.45) is 5.73 Å². The van der Waals surface area contributed by atoms with Crippen LogP contribution in [0.4, 0.5) is 5.69 Å². The highest BCUT2D eigenvalue weighted by Gasteiger charge is 2.28. The number of nitrogens with one attached hydrogen (secondary N) is 1. The molecule has 16 heavy (non-hydrogen) atoms. The summed E-state index contributed by atoms with van der Waals surface area (Å²) >= 11 is 0. The van der Waals surface area contributed by atoms with E-state index in [0.29, 0.717) is 11.3 Å². The molecular weight excluding hydrogens is 212 g/mol. The Labute approximate surface area is 91.6 Å². The zero-order valence-electron chi connectivity index (χ0n) is 8.38. The molecule has 1 unspecified atom stereocenters. The van der Waals surface area contributed by atoms with Crippen molar-refractivity contribution in [2.45, 2.75) is 12.4 Å². The summed E-state index contributed by atoms with van der Waals surface area (Å²) in [7, 11) is 0. The van der Waals surface area contributed by atoms with Crippen molar-refractivity contribution in [3.05, 3.63) is 23.8 Å². The fourth-order valence-corrected chi connectivity index (χ4v) is 1.53. The van der Waals surface area contributed by atoms with Gasteiger partial charge >= 0.3 is 0 Å². The lowest BCUT2D eigenvalue weighted by Crippen LogP contribution is -2.37. The zero-order valence-corrected chi connectivity index (χ0v) is 8.38. The first-order valence-electron chi connectivity index (χ1n) is 4.80. The number of nitrogens with two attached hydrogens (primary N) is 1. The quantitative estimate of drug-likeness (QED) is 0.533. The van der Waals surface area contributed by atoms with E-state index in [1.165, 1.54) is 0 Å². The molecule has 1 aromatic rings. The third kappa shape index (κ3) is 1.73.